The van der Waals surface area contributed by atoms with Crippen LogP contribution in [-0.2, 0) is 23.3 Å². The molecule has 4 aromatic rings. The van der Waals surface area contributed by atoms with Gasteiger partial charge in [-0.1, -0.05) is 99.5 Å². The average molecular weight is 488 g/mol. The fraction of sp³-hybridized carbons (Fsp3) is 0.143. The number of aryl methyl sites for hydroxylation is 4. The zero-order chi connectivity index (χ0) is 20.5. The van der Waals surface area contributed by atoms with Gasteiger partial charge in [0.05, 0.1) is 0 Å². The molecule has 0 heterocycles. The summed E-state index contributed by atoms with van der Waals surface area (Å²) in [7, 11) is 0. The molecular weight excluding hydrogens is 456 g/mol. The Balaban J connectivity index is 0.000000488. The van der Waals surface area contributed by atoms with Crippen molar-refractivity contribution in [2.24, 2.45) is 0 Å². The molecule has 0 aliphatic rings. The Morgan fingerprint density at radius 1 is 0.567 bits per heavy atom. The third-order valence-electron chi connectivity index (χ3n) is 4.65. The van der Waals surface area contributed by atoms with E-state index in [0.717, 1.165) is 0 Å². The van der Waals surface area contributed by atoms with Gasteiger partial charge in [-0.2, -0.15) is 45.5 Å². The summed E-state index contributed by atoms with van der Waals surface area (Å²) in [5, 5.41) is 0. The maximum atomic E-state index is 3.06. The van der Waals surface area contributed by atoms with Gasteiger partial charge < -0.3 is 14.9 Å². The van der Waals surface area contributed by atoms with E-state index in [4.69, 9.17) is 0 Å². The molecule has 30 heavy (non-hydrogen) atoms. The molecule has 0 saturated carbocycles. The summed E-state index contributed by atoms with van der Waals surface area (Å²) in [6, 6.07) is 30.0. The van der Waals surface area contributed by atoms with E-state index >= 15 is 0 Å². The van der Waals surface area contributed by atoms with Crippen molar-refractivity contribution in [2.75, 3.05) is 0 Å². The topological polar surface area (TPSA) is 0 Å². The fourth-order valence-electron chi connectivity index (χ4n) is 3.46. The van der Waals surface area contributed by atoms with Crippen molar-refractivity contribution in [1.29, 1.82) is 0 Å². The first kappa shape index (κ1) is 28.2. The van der Waals surface area contributed by atoms with Crippen LogP contribution in [0.1, 0.15) is 22.3 Å². The summed E-state index contributed by atoms with van der Waals surface area (Å²) in [5.74, 6) is 0. The van der Waals surface area contributed by atoms with Crippen molar-refractivity contribution < 1.29 is 23.3 Å². The van der Waals surface area contributed by atoms with Gasteiger partial charge in [0.2, 0.25) is 0 Å². The van der Waals surface area contributed by atoms with Gasteiger partial charge >= 0.3 is 30.2 Å². The van der Waals surface area contributed by atoms with Crippen LogP contribution in [0.4, 0.5) is 0 Å². The van der Waals surface area contributed by atoms with Crippen molar-refractivity contribution >= 4 is 6.88 Å². The Morgan fingerprint density at radius 3 is 1.10 bits per heavy atom. The Morgan fingerprint density at radius 2 is 0.867 bits per heavy atom. The standard InChI is InChI=1S/2C13H13.2CH3.Si.Zr/c2*1-10-8-11(2)13(9-10)12-6-4-3-5-7-12;;;;/h2*3-9H,1-2H3;2*1H3;;/q4*-1;;. The van der Waals surface area contributed by atoms with Crippen LogP contribution in [0.3, 0.4) is 0 Å². The summed E-state index contributed by atoms with van der Waals surface area (Å²) >= 11 is 1.36. The fourth-order valence-corrected chi connectivity index (χ4v) is 3.46. The van der Waals surface area contributed by atoms with Crippen LogP contribution in [0.15, 0.2) is 84.9 Å². The van der Waals surface area contributed by atoms with Crippen LogP contribution in [0.2, 0.25) is 0 Å². The van der Waals surface area contributed by atoms with E-state index in [1.54, 1.807) is 0 Å². The molecule has 0 bridgehead atoms. The molecule has 0 saturated heterocycles. The molecule has 156 valence electrons. The predicted octanol–water partition coefficient (Wildman–Crippen LogP) is 7.90. The van der Waals surface area contributed by atoms with Gasteiger partial charge in [0.25, 0.3) is 0 Å². The Hall–Kier alpha value is -1.76. The zero-order valence-corrected chi connectivity index (χ0v) is 22.5. The van der Waals surface area contributed by atoms with Gasteiger partial charge in [-0.15, -0.1) is 0 Å². The first-order valence-electron chi connectivity index (χ1n) is 9.38. The Labute approximate surface area is 201 Å². The number of hydrogen-bond acceptors (Lipinski definition) is 0. The molecule has 0 spiro atoms. The van der Waals surface area contributed by atoms with Gasteiger partial charge in [0.15, 0.2) is 0 Å². The van der Waals surface area contributed by atoms with Crippen molar-refractivity contribution in [2.45, 2.75) is 27.7 Å². The van der Waals surface area contributed by atoms with Gasteiger partial charge in [-0.25, -0.2) is 12.1 Å². The molecular formula is C28H32SiZr-4. The van der Waals surface area contributed by atoms with E-state index in [1.807, 2.05) is 0 Å². The van der Waals surface area contributed by atoms with Crippen LogP contribution < -0.4 is 0 Å². The summed E-state index contributed by atoms with van der Waals surface area (Å²) in [6.45, 7) is 11.7. The molecule has 2 heteroatoms. The summed E-state index contributed by atoms with van der Waals surface area (Å²) in [5.41, 5.74) is 10.8. The molecule has 0 aliphatic carbocycles. The molecule has 0 fully saturated rings. The van der Waals surface area contributed by atoms with Crippen molar-refractivity contribution in [3.05, 3.63) is 122 Å². The first-order valence-corrected chi connectivity index (χ1v) is 13.6. The quantitative estimate of drug-likeness (QED) is 0.199. The van der Waals surface area contributed by atoms with Gasteiger partial charge in [0.1, 0.15) is 0 Å². The summed E-state index contributed by atoms with van der Waals surface area (Å²) in [4.78, 5) is 0. The molecule has 0 aromatic heterocycles. The van der Waals surface area contributed by atoms with Crippen LogP contribution in [0.25, 0.3) is 22.3 Å². The number of rotatable bonds is 2. The molecule has 0 nitrogen and oxygen atoms in total. The van der Waals surface area contributed by atoms with Crippen LogP contribution >= 0.6 is 0 Å². The minimum atomic E-state index is 0. The minimum absolute atomic E-state index is 0. The molecule has 0 atom stereocenters. The van der Waals surface area contributed by atoms with E-state index in [0.29, 0.717) is 0 Å². The normalized spacial score (nSPS) is 9.03. The molecule has 0 aliphatic heterocycles. The molecule has 2 radical (unpaired) electrons. The Bertz CT molecular complexity index is 896. The molecule has 0 unspecified atom stereocenters. The monoisotopic (exact) mass is 486 g/mol. The van der Waals surface area contributed by atoms with Gasteiger partial charge in [0, 0.05) is 0 Å². The summed E-state index contributed by atoms with van der Waals surface area (Å²) < 4.78 is 0. The van der Waals surface area contributed by atoms with Gasteiger partial charge in [-0.3, -0.25) is 0 Å². The van der Waals surface area contributed by atoms with Crippen molar-refractivity contribution in [1.82, 2.24) is 0 Å². The third kappa shape index (κ3) is 7.82. The number of hydrogen-bond donors (Lipinski definition) is 0. The second-order valence-corrected chi connectivity index (χ2v) is 6.99. The van der Waals surface area contributed by atoms with E-state index in [-0.39, 0.29) is 14.9 Å². The Kier molecular flexibility index (Phi) is 13.4. The van der Waals surface area contributed by atoms with E-state index < -0.39 is 0 Å². The average Bonchev–Trinajstić information content (AvgIpc) is 3.25. The van der Waals surface area contributed by atoms with E-state index in [1.165, 1.54) is 67.8 Å². The first-order chi connectivity index (χ1) is 13.5. The van der Waals surface area contributed by atoms with Gasteiger partial charge in [-0.05, 0) is 0 Å². The molecule has 0 N–H and O–H groups in total. The number of benzene rings is 2. The van der Waals surface area contributed by atoms with Crippen LogP contribution in [0, 0.1) is 42.5 Å². The predicted molar refractivity (Wildman–Crippen MR) is 132 cm³/mol. The zero-order valence-electron chi connectivity index (χ0n) is 19.1. The van der Waals surface area contributed by atoms with Crippen molar-refractivity contribution in [3.8, 4) is 22.3 Å². The SMILES string of the molecule is Cc1cc(-c2ccccc2)c(C)[cH-]1.Cc1cc(-c2ccccc2)c(C)[cH-]1.[CH3-].[CH3-].[Si]=[Zr]. The van der Waals surface area contributed by atoms with E-state index in [9.17, 15) is 0 Å². The molecule has 4 aromatic carbocycles. The van der Waals surface area contributed by atoms with E-state index in [2.05, 4.69) is 120 Å². The summed E-state index contributed by atoms with van der Waals surface area (Å²) in [6.07, 6.45) is 0. The van der Waals surface area contributed by atoms with Crippen LogP contribution in [-0.4, -0.2) is 6.88 Å². The van der Waals surface area contributed by atoms with Crippen molar-refractivity contribution in [3.63, 3.8) is 0 Å². The third-order valence-corrected chi connectivity index (χ3v) is 4.65. The van der Waals surface area contributed by atoms with Crippen LogP contribution in [0.5, 0.6) is 0 Å². The maximum absolute atomic E-state index is 3.06. The second-order valence-electron chi connectivity index (χ2n) is 6.99. The second kappa shape index (κ2) is 14.3. The molecule has 4 rings (SSSR count). The molecule has 0 amide bonds.